The summed E-state index contributed by atoms with van der Waals surface area (Å²) >= 11 is 0. The van der Waals surface area contributed by atoms with Gasteiger partial charge in [-0.05, 0) is 44.7 Å². The lowest BCUT2D eigenvalue weighted by Gasteiger charge is -2.22. The van der Waals surface area contributed by atoms with Crippen molar-refractivity contribution in [1.29, 1.82) is 0 Å². The van der Waals surface area contributed by atoms with Gasteiger partial charge in [0.05, 0.1) is 6.10 Å². The van der Waals surface area contributed by atoms with Gasteiger partial charge in [0, 0.05) is 5.56 Å². The Hall–Kier alpha value is -1.15. The highest BCUT2D eigenvalue weighted by atomic mass is 16.5. The molecule has 0 aliphatic heterocycles. The molecular formula is C17H24O2. The SMILES string of the molecule is Cc1cc(C)c(C(=O)COC2CCCCC2)c(C)c1. The molecule has 0 radical (unpaired) electrons. The van der Waals surface area contributed by atoms with Crippen molar-refractivity contribution in [3.63, 3.8) is 0 Å². The van der Waals surface area contributed by atoms with Crippen LogP contribution in [0.15, 0.2) is 12.1 Å². The van der Waals surface area contributed by atoms with Gasteiger partial charge in [-0.15, -0.1) is 0 Å². The molecule has 0 N–H and O–H groups in total. The molecular weight excluding hydrogens is 236 g/mol. The average molecular weight is 260 g/mol. The number of Topliss-reactive ketones (excluding diaryl/α,β-unsaturated/α-hetero) is 1. The predicted molar refractivity (Wildman–Crippen MR) is 77.8 cm³/mol. The van der Waals surface area contributed by atoms with Gasteiger partial charge in [-0.1, -0.05) is 37.0 Å². The van der Waals surface area contributed by atoms with Crippen LogP contribution in [0.1, 0.15) is 59.2 Å². The summed E-state index contributed by atoms with van der Waals surface area (Å²) in [6, 6.07) is 4.14. The second-order valence-corrected chi connectivity index (χ2v) is 5.77. The first-order valence-corrected chi connectivity index (χ1v) is 7.30. The number of hydrogen-bond acceptors (Lipinski definition) is 2. The predicted octanol–water partition coefficient (Wildman–Crippen LogP) is 4.14. The Morgan fingerprint density at radius 3 is 2.26 bits per heavy atom. The van der Waals surface area contributed by atoms with Crippen LogP contribution < -0.4 is 0 Å². The fourth-order valence-electron chi connectivity index (χ4n) is 3.12. The lowest BCUT2D eigenvalue weighted by Crippen LogP contribution is -2.21. The monoisotopic (exact) mass is 260 g/mol. The van der Waals surface area contributed by atoms with Crippen LogP contribution in [0, 0.1) is 20.8 Å². The number of benzene rings is 1. The number of rotatable bonds is 4. The van der Waals surface area contributed by atoms with E-state index in [0.717, 1.165) is 29.5 Å². The van der Waals surface area contributed by atoms with Crippen LogP contribution >= 0.6 is 0 Å². The van der Waals surface area contributed by atoms with E-state index in [0.29, 0.717) is 6.10 Å². The van der Waals surface area contributed by atoms with Crippen LogP contribution in [0.4, 0.5) is 0 Å². The van der Waals surface area contributed by atoms with Crippen molar-refractivity contribution in [2.45, 2.75) is 59.0 Å². The van der Waals surface area contributed by atoms with Gasteiger partial charge in [-0.2, -0.15) is 0 Å². The molecule has 0 heterocycles. The topological polar surface area (TPSA) is 26.3 Å². The van der Waals surface area contributed by atoms with Gasteiger partial charge >= 0.3 is 0 Å². The van der Waals surface area contributed by atoms with Crippen molar-refractivity contribution >= 4 is 5.78 Å². The zero-order valence-corrected chi connectivity index (χ0v) is 12.3. The van der Waals surface area contributed by atoms with Crippen LogP contribution in [-0.2, 0) is 4.74 Å². The number of ketones is 1. The lowest BCUT2D eigenvalue weighted by molar-refractivity contribution is 0.0283. The first kappa shape index (κ1) is 14.3. The molecule has 2 heteroatoms. The summed E-state index contributed by atoms with van der Waals surface area (Å²) in [7, 11) is 0. The van der Waals surface area contributed by atoms with Gasteiger partial charge < -0.3 is 4.74 Å². The molecule has 1 saturated carbocycles. The summed E-state index contributed by atoms with van der Waals surface area (Å²) in [4.78, 5) is 12.3. The Balaban J connectivity index is 1.99. The van der Waals surface area contributed by atoms with E-state index < -0.39 is 0 Å². The Kier molecular flexibility index (Phi) is 4.76. The number of hydrogen-bond donors (Lipinski definition) is 0. The molecule has 2 rings (SSSR count). The highest BCUT2D eigenvalue weighted by Crippen LogP contribution is 2.21. The van der Waals surface area contributed by atoms with Crippen molar-refractivity contribution in [2.75, 3.05) is 6.61 Å². The van der Waals surface area contributed by atoms with Crippen molar-refractivity contribution in [3.05, 3.63) is 34.4 Å². The van der Waals surface area contributed by atoms with E-state index in [2.05, 4.69) is 19.1 Å². The molecule has 1 fully saturated rings. The minimum absolute atomic E-state index is 0.126. The summed E-state index contributed by atoms with van der Waals surface area (Å²) in [6.07, 6.45) is 6.30. The highest BCUT2D eigenvalue weighted by molar-refractivity contribution is 5.99. The zero-order chi connectivity index (χ0) is 13.8. The van der Waals surface area contributed by atoms with Crippen LogP contribution in [0.25, 0.3) is 0 Å². The molecule has 19 heavy (non-hydrogen) atoms. The van der Waals surface area contributed by atoms with Crippen molar-refractivity contribution in [1.82, 2.24) is 0 Å². The minimum atomic E-state index is 0.126. The van der Waals surface area contributed by atoms with E-state index in [-0.39, 0.29) is 12.4 Å². The quantitative estimate of drug-likeness (QED) is 0.760. The van der Waals surface area contributed by atoms with Gasteiger partial charge in [0.1, 0.15) is 6.61 Å². The van der Waals surface area contributed by atoms with E-state index in [4.69, 9.17) is 4.74 Å². The van der Waals surface area contributed by atoms with E-state index in [1.807, 2.05) is 13.8 Å². The molecule has 0 atom stereocenters. The molecule has 0 aromatic heterocycles. The van der Waals surface area contributed by atoms with Gasteiger partial charge in [0.2, 0.25) is 0 Å². The van der Waals surface area contributed by atoms with Crippen molar-refractivity contribution < 1.29 is 9.53 Å². The fourth-order valence-corrected chi connectivity index (χ4v) is 3.12. The zero-order valence-electron chi connectivity index (χ0n) is 12.3. The number of ether oxygens (including phenoxy) is 1. The van der Waals surface area contributed by atoms with E-state index in [9.17, 15) is 4.79 Å². The highest BCUT2D eigenvalue weighted by Gasteiger charge is 2.18. The van der Waals surface area contributed by atoms with Crippen molar-refractivity contribution in [2.24, 2.45) is 0 Å². The first-order chi connectivity index (χ1) is 9.08. The number of aryl methyl sites for hydroxylation is 3. The molecule has 0 amide bonds. The molecule has 1 aliphatic carbocycles. The summed E-state index contributed by atoms with van der Waals surface area (Å²) in [5.41, 5.74) is 4.19. The number of carbonyl (C=O) groups is 1. The third kappa shape index (κ3) is 3.66. The molecule has 0 unspecified atom stereocenters. The first-order valence-electron chi connectivity index (χ1n) is 7.30. The summed E-state index contributed by atoms with van der Waals surface area (Å²) < 4.78 is 5.79. The van der Waals surface area contributed by atoms with Gasteiger partial charge in [0.15, 0.2) is 5.78 Å². The molecule has 1 aliphatic rings. The maximum atomic E-state index is 12.3. The smallest absolute Gasteiger partial charge is 0.189 e. The number of carbonyl (C=O) groups excluding carboxylic acids is 1. The largest absolute Gasteiger partial charge is 0.370 e. The maximum absolute atomic E-state index is 12.3. The summed E-state index contributed by atoms with van der Waals surface area (Å²) in [5, 5.41) is 0. The fraction of sp³-hybridized carbons (Fsp3) is 0.588. The molecule has 104 valence electrons. The van der Waals surface area contributed by atoms with Crippen molar-refractivity contribution in [3.8, 4) is 0 Å². The lowest BCUT2D eigenvalue weighted by atomic mass is 9.96. The Morgan fingerprint density at radius 2 is 1.68 bits per heavy atom. The summed E-state index contributed by atoms with van der Waals surface area (Å²) in [6.45, 7) is 6.31. The molecule has 0 bridgehead atoms. The molecule has 1 aromatic carbocycles. The normalized spacial score (nSPS) is 16.6. The Morgan fingerprint density at radius 1 is 1.11 bits per heavy atom. The van der Waals surface area contributed by atoms with E-state index >= 15 is 0 Å². The second kappa shape index (κ2) is 6.33. The third-order valence-electron chi connectivity index (χ3n) is 3.96. The average Bonchev–Trinajstić information content (AvgIpc) is 2.36. The molecule has 2 nitrogen and oxygen atoms in total. The Bertz CT molecular complexity index is 433. The minimum Gasteiger partial charge on any atom is -0.370 e. The van der Waals surface area contributed by atoms with Crippen LogP contribution in [0.2, 0.25) is 0 Å². The van der Waals surface area contributed by atoms with E-state index in [1.165, 1.54) is 24.8 Å². The maximum Gasteiger partial charge on any atom is 0.189 e. The molecule has 0 spiro atoms. The van der Waals surface area contributed by atoms with Gasteiger partial charge in [-0.3, -0.25) is 4.79 Å². The van der Waals surface area contributed by atoms with Gasteiger partial charge in [-0.25, -0.2) is 0 Å². The standard InChI is InChI=1S/C17H24O2/c1-12-9-13(2)17(14(3)10-12)16(18)11-19-15-7-5-4-6-8-15/h9-10,15H,4-8,11H2,1-3H3. The second-order valence-electron chi connectivity index (χ2n) is 5.77. The van der Waals surface area contributed by atoms with Crippen LogP contribution in [0.5, 0.6) is 0 Å². The van der Waals surface area contributed by atoms with Gasteiger partial charge in [0.25, 0.3) is 0 Å². The molecule has 1 aromatic rings. The molecule has 0 saturated heterocycles. The van der Waals surface area contributed by atoms with Crippen LogP contribution in [-0.4, -0.2) is 18.5 Å². The van der Waals surface area contributed by atoms with E-state index in [1.54, 1.807) is 0 Å². The van der Waals surface area contributed by atoms with Crippen LogP contribution in [0.3, 0.4) is 0 Å². The summed E-state index contributed by atoms with van der Waals surface area (Å²) in [5.74, 6) is 0.126. The third-order valence-corrected chi connectivity index (χ3v) is 3.96. The Labute approximate surface area is 116 Å².